The minimum Gasteiger partial charge on any atom is -0.495 e. The molecular weight excluding hydrogens is 264 g/mol. The molecule has 4 heteroatoms. The van der Waals surface area contributed by atoms with E-state index in [1.165, 1.54) is 11.1 Å². The Morgan fingerprint density at radius 2 is 1.71 bits per heavy atom. The van der Waals surface area contributed by atoms with Crippen LogP contribution >= 0.6 is 0 Å². The SMILES string of the molecule is CCOC(C)N(/C=C(C)/C(C)=C(\OC(C)C)C(C)C)NC. The van der Waals surface area contributed by atoms with E-state index in [2.05, 4.69) is 53.2 Å². The topological polar surface area (TPSA) is 33.7 Å². The van der Waals surface area contributed by atoms with Crippen LogP contribution in [0.25, 0.3) is 0 Å². The van der Waals surface area contributed by atoms with Gasteiger partial charge in [-0.05, 0) is 52.7 Å². The first-order valence-corrected chi connectivity index (χ1v) is 7.88. The summed E-state index contributed by atoms with van der Waals surface area (Å²) in [6.45, 7) is 17.4. The van der Waals surface area contributed by atoms with Crippen LogP contribution in [0.2, 0.25) is 0 Å². The molecule has 0 aromatic rings. The van der Waals surface area contributed by atoms with Crippen LogP contribution < -0.4 is 5.43 Å². The molecule has 0 spiro atoms. The summed E-state index contributed by atoms with van der Waals surface area (Å²) in [7, 11) is 1.90. The highest BCUT2D eigenvalue weighted by molar-refractivity contribution is 5.30. The molecule has 0 aromatic heterocycles. The number of allylic oxidation sites excluding steroid dienone is 3. The molecule has 0 bridgehead atoms. The van der Waals surface area contributed by atoms with Crippen LogP contribution in [0.15, 0.2) is 23.1 Å². The molecule has 0 amide bonds. The third-order valence-corrected chi connectivity index (χ3v) is 3.24. The number of ether oxygens (including phenoxy) is 2. The number of nitrogens with one attached hydrogen (secondary N) is 1. The smallest absolute Gasteiger partial charge is 0.140 e. The van der Waals surface area contributed by atoms with Crippen LogP contribution in [-0.2, 0) is 9.47 Å². The molecule has 0 aliphatic rings. The Bertz CT molecular complexity index is 360. The lowest BCUT2D eigenvalue weighted by molar-refractivity contribution is -0.0374. The fraction of sp³-hybridized carbons (Fsp3) is 0.765. The maximum atomic E-state index is 5.99. The molecule has 21 heavy (non-hydrogen) atoms. The molecule has 0 radical (unpaired) electrons. The molecule has 0 aliphatic carbocycles. The van der Waals surface area contributed by atoms with Gasteiger partial charge in [0.05, 0.1) is 6.10 Å². The van der Waals surface area contributed by atoms with Crippen LogP contribution in [0, 0.1) is 5.92 Å². The summed E-state index contributed by atoms with van der Waals surface area (Å²) >= 11 is 0. The first-order chi connectivity index (χ1) is 9.74. The van der Waals surface area contributed by atoms with Crippen molar-refractivity contribution in [3.63, 3.8) is 0 Å². The third-order valence-electron chi connectivity index (χ3n) is 3.24. The zero-order chi connectivity index (χ0) is 16.6. The van der Waals surface area contributed by atoms with Crippen molar-refractivity contribution >= 4 is 0 Å². The maximum absolute atomic E-state index is 5.99. The van der Waals surface area contributed by atoms with Gasteiger partial charge in [0.25, 0.3) is 0 Å². The Labute approximate surface area is 131 Å². The van der Waals surface area contributed by atoms with E-state index in [4.69, 9.17) is 9.47 Å². The molecule has 0 saturated carbocycles. The fourth-order valence-corrected chi connectivity index (χ4v) is 2.08. The molecule has 0 heterocycles. The van der Waals surface area contributed by atoms with Crippen molar-refractivity contribution in [2.24, 2.45) is 5.92 Å². The van der Waals surface area contributed by atoms with Gasteiger partial charge in [0.15, 0.2) is 0 Å². The number of hydrogen-bond acceptors (Lipinski definition) is 4. The van der Waals surface area contributed by atoms with E-state index in [0.29, 0.717) is 12.5 Å². The Morgan fingerprint density at radius 1 is 1.14 bits per heavy atom. The number of hydrazine groups is 1. The van der Waals surface area contributed by atoms with Gasteiger partial charge in [-0.15, -0.1) is 0 Å². The van der Waals surface area contributed by atoms with E-state index in [0.717, 1.165) is 5.76 Å². The third kappa shape index (κ3) is 7.00. The first kappa shape index (κ1) is 20.0. The second-order valence-electron chi connectivity index (χ2n) is 5.81. The molecular formula is C17H34N2O2. The summed E-state index contributed by atoms with van der Waals surface area (Å²) in [5.41, 5.74) is 5.50. The van der Waals surface area contributed by atoms with Crippen molar-refractivity contribution in [1.82, 2.24) is 10.4 Å². The molecule has 124 valence electrons. The van der Waals surface area contributed by atoms with Crippen molar-refractivity contribution in [2.45, 2.75) is 67.7 Å². The van der Waals surface area contributed by atoms with E-state index in [1.54, 1.807) is 0 Å². The molecule has 1 N–H and O–H groups in total. The van der Waals surface area contributed by atoms with Crippen LogP contribution in [0.4, 0.5) is 0 Å². The lowest BCUT2D eigenvalue weighted by Gasteiger charge is -2.28. The van der Waals surface area contributed by atoms with Gasteiger partial charge in [-0.2, -0.15) is 0 Å². The average molecular weight is 298 g/mol. The molecule has 1 unspecified atom stereocenters. The second-order valence-corrected chi connectivity index (χ2v) is 5.81. The number of rotatable bonds is 9. The minimum absolute atomic E-state index is 0.0173. The van der Waals surface area contributed by atoms with E-state index in [-0.39, 0.29) is 12.3 Å². The van der Waals surface area contributed by atoms with E-state index in [9.17, 15) is 0 Å². The lowest BCUT2D eigenvalue weighted by Crippen LogP contribution is -2.39. The predicted octanol–water partition coefficient (Wildman–Crippen LogP) is 4.06. The van der Waals surface area contributed by atoms with Crippen molar-refractivity contribution in [1.29, 1.82) is 0 Å². The zero-order valence-electron chi connectivity index (χ0n) is 15.3. The van der Waals surface area contributed by atoms with Crippen molar-refractivity contribution in [3.8, 4) is 0 Å². The average Bonchev–Trinajstić information content (AvgIpc) is 2.40. The number of nitrogens with zero attached hydrogens (tertiary/aromatic N) is 1. The maximum Gasteiger partial charge on any atom is 0.140 e. The van der Waals surface area contributed by atoms with Gasteiger partial charge < -0.3 is 9.47 Å². The highest BCUT2D eigenvalue weighted by Crippen LogP contribution is 2.23. The Kier molecular flexibility index (Phi) is 9.38. The van der Waals surface area contributed by atoms with Crippen LogP contribution in [0.1, 0.15) is 55.4 Å². The normalized spacial score (nSPS) is 15.3. The monoisotopic (exact) mass is 298 g/mol. The van der Waals surface area contributed by atoms with E-state index < -0.39 is 0 Å². The summed E-state index contributed by atoms with van der Waals surface area (Å²) < 4.78 is 11.6. The molecule has 0 aliphatic heterocycles. The molecule has 1 atom stereocenters. The first-order valence-electron chi connectivity index (χ1n) is 7.88. The highest BCUT2D eigenvalue weighted by atomic mass is 16.5. The quantitative estimate of drug-likeness (QED) is 0.301. The van der Waals surface area contributed by atoms with Crippen LogP contribution in [0.5, 0.6) is 0 Å². The van der Waals surface area contributed by atoms with Gasteiger partial charge >= 0.3 is 0 Å². The van der Waals surface area contributed by atoms with E-state index >= 15 is 0 Å². The van der Waals surface area contributed by atoms with E-state index in [1.807, 2.05) is 25.9 Å². The second kappa shape index (κ2) is 9.85. The molecule has 4 nitrogen and oxygen atoms in total. The summed E-state index contributed by atoms with van der Waals surface area (Å²) in [4.78, 5) is 0. The standard InChI is InChI=1S/C17H34N2O2/c1-10-20-16(8)19(18-9)11-14(6)15(7)17(12(2)3)21-13(4)5/h11-13,16,18H,10H2,1-9H3/b14-11+,17-15-. The minimum atomic E-state index is -0.0173. The molecule has 0 aromatic carbocycles. The van der Waals surface area contributed by atoms with Crippen LogP contribution in [0.3, 0.4) is 0 Å². The zero-order valence-corrected chi connectivity index (χ0v) is 15.3. The summed E-state index contributed by atoms with van der Waals surface area (Å²) in [5.74, 6) is 1.42. The summed E-state index contributed by atoms with van der Waals surface area (Å²) in [6, 6.07) is 0. The van der Waals surface area contributed by atoms with Gasteiger partial charge in [-0.1, -0.05) is 13.8 Å². The summed E-state index contributed by atoms with van der Waals surface area (Å²) in [5, 5.41) is 1.97. The van der Waals surface area contributed by atoms with Crippen molar-refractivity contribution in [3.05, 3.63) is 23.1 Å². The lowest BCUT2D eigenvalue weighted by atomic mass is 10.0. The van der Waals surface area contributed by atoms with Gasteiger partial charge in [-0.3, -0.25) is 5.01 Å². The van der Waals surface area contributed by atoms with Gasteiger partial charge in [0, 0.05) is 25.8 Å². The Hall–Kier alpha value is -1.00. The van der Waals surface area contributed by atoms with Crippen LogP contribution in [-0.4, -0.2) is 31.0 Å². The highest BCUT2D eigenvalue weighted by Gasteiger charge is 2.14. The number of hydrogen-bond donors (Lipinski definition) is 1. The molecule has 0 rings (SSSR count). The summed E-state index contributed by atoms with van der Waals surface area (Å²) in [6.07, 6.45) is 2.24. The van der Waals surface area contributed by atoms with Gasteiger partial charge in [0.1, 0.15) is 12.0 Å². The largest absolute Gasteiger partial charge is 0.495 e. The molecule has 0 fully saturated rings. The Morgan fingerprint density at radius 3 is 2.10 bits per heavy atom. The Balaban J connectivity index is 5.31. The van der Waals surface area contributed by atoms with Gasteiger partial charge in [0.2, 0.25) is 0 Å². The van der Waals surface area contributed by atoms with Gasteiger partial charge in [-0.25, -0.2) is 5.43 Å². The molecule has 0 saturated heterocycles. The predicted molar refractivity (Wildman–Crippen MR) is 89.5 cm³/mol. The van der Waals surface area contributed by atoms with Crippen molar-refractivity contribution in [2.75, 3.05) is 13.7 Å². The fourth-order valence-electron chi connectivity index (χ4n) is 2.08. The van der Waals surface area contributed by atoms with Crippen molar-refractivity contribution < 1.29 is 9.47 Å².